The van der Waals surface area contributed by atoms with E-state index in [0.717, 1.165) is 37.0 Å². The normalized spacial score (nSPS) is 20.1. The molecule has 0 spiro atoms. The first kappa shape index (κ1) is 18.6. The van der Waals surface area contributed by atoms with Crippen molar-refractivity contribution in [1.82, 2.24) is 9.55 Å². The summed E-state index contributed by atoms with van der Waals surface area (Å²) in [6.45, 7) is 3.65. The number of aromatic nitrogens is 2. The summed E-state index contributed by atoms with van der Waals surface area (Å²) < 4.78 is 11.5. The molecule has 0 N–H and O–H groups in total. The number of fused-ring (bicyclic) bond motifs is 1. The standard InChI is InChI=1S/C18H22N2O5S/c1-10-5-4-6-12(7-10)25-13(21)8-20-9-19-16-14(17(20)22)11(2)15(26-16)18(23)24-3/h9-10,12H,4-8H2,1-3H3/t10-,12-/m0/s1. The number of carbonyl (C=O) groups is 2. The lowest BCUT2D eigenvalue weighted by atomic mass is 9.89. The van der Waals surface area contributed by atoms with E-state index < -0.39 is 11.9 Å². The van der Waals surface area contributed by atoms with Crippen LogP contribution >= 0.6 is 11.3 Å². The summed E-state index contributed by atoms with van der Waals surface area (Å²) in [7, 11) is 1.29. The van der Waals surface area contributed by atoms with Crippen molar-refractivity contribution in [3.8, 4) is 0 Å². The molecule has 0 radical (unpaired) electrons. The number of esters is 2. The van der Waals surface area contributed by atoms with E-state index in [2.05, 4.69) is 11.9 Å². The molecule has 2 heterocycles. The molecule has 1 fully saturated rings. The third-order valence-electron chi connectivity index (χ3n) is 4.77. The van der Waals surface area contributed by atoms with Gasteiger partial charge in [0, 0.05) is 0 Å². The Bertz CT molecular complexity index is 901. The second-order valence-corrected chi connectivity index (χ2v) is 7.79. The van der Waals surface area contributed by atoms with Gasteiger partial charge in [0.15, 0.2) is 0 Å². The largest absolute Gasteiger partial charge is 0.465 e. The maximum absolute atomic E-state index is 12.7. The molecule has 1 aliphatic carbocycles. The van der Waals surface area contributed by atoms with Crippen molar-refractivity contribution in [3.63, 3.8) is 0 Å². The van der Waals surface area contributed by atoms with Crippen molar-refractivity contribution in [1.29, 1.82) is 0 Å². The topological polar surface area (TPSA) is 87.5 Å². The van der Waals surface area contributed by atoms with Gasteiger partial charge in [-0.2, -0.15) is 0 Å². The summed E-state index contributed by atoms with van der Waals surface area (Å²) in [6, 6.07) is 0. The lowest BCUT2D eigenvalue weighted by Gasteiger charge is -2.26. The molecule has 0 amide bonds. The molecule has 1 saturated carbocycles. The Kier molecular flexibility index (Phi) is 5.41. The predicted octanol–water partition coefficient (Wildman–Crippen LogP) is 2.67. The van der Waals surface area contributed by atoms with Crippen LogP contribution in [0.1, 0.15) is 47.8 Å². The SMILES string of the molecule is COC(=O)c1sc2ncn(CC(=O)O[C@H]3CCC[C@H](C)C3)c(=O)c2c1C. The molecule has 8 heteroatoms. The Balaban J connectivity index is 1.81. The highest BCUT2D eigenvalue weighted by Gasteiger charge is 2.24. The number of carbonyl (C=O) groups excluding carboxylic acids is 2. The zero-order chi connectivity index (χ0) is 18.8. The zero-order valence-electron chi connectivity index (χ0n) is 15.1. The number of hydrogen-bond acceptors (Lipinski definition) is 7. The molecule has 140 valence electrons. The highest BCUT2D eigenvalue weighted by atomic mass is 32.1. The molecule has 7 nitrogen and oxygen atoms in total. The van der Waals surface area contributed by atoms with Crippen molar-refractivity contribution >= 4 is 33.5 Å². The molecule has 2 atom stereocenters. The molecule has 0 saturated heterocycles. The molecule has 3 rings (SSSR count). The average Bonchev–Trinajstić information content (AvgIpc) is 2.94. The van der Waals surface area contributed by atoms with Crippen LogP contribution in [0, 0.1) is 12.8 Å². The van der Waals surface area contributed by atoms with E-state index in [1.54, 1.807) is 6.92 Å². The van der Waals surface area contributed by atoms with E-state index >= 15 is 0 Å². The highest BCUT2D eigenvalue weighted by molar-refractivity contribution is 7.20. The molecule has 0 aliphatic heterocycles. The van der Waals surface area contributed by atoms with Crippen LogP contribution in [0.5, 0.6) is 0 Å². The second-order valence-electron chi connectivity index (χ2n) is 6.79. The number of rotatable bonds is 4. The maximum Gasteiger partial charge on any atom is 0.348 e. The number of ether oxygens (including phenoxy) is 2. The van der Waals surface area contributed by atoms with E-state index in [1.807, 2.05) is 0 Å². The molecule has 0 bridgehead atoms. The van der Waals surface area contributed by atoms with E-state index in [-0.39, 0.29) is 18.2 Å². The minimum atomic E-state index is -0.498. The summed E-state index contributed by atoms with van der Waals surface area (Å²) in [5, 5.41) is 0.344. The Morgan fingerprint density at radius 3 is 2.85 bits per heavy atom. The monoisotopic (exact) mass is 378 g/mol. The van der Waals surface area contributed by atoms with Crippen LogP contribution in [0.25, 0.3) is 10.2 Å². The minimum Gasteiger partial charge on any atom is -0.465 e. The van der Waals surface area contributed by atoms with Gasteiger partial charge >= 0.3 is 11.9 Å². The van der Waals surface area contributed by atoms with Gasteiger partial charge < -0.3 is 9.47 Å². The molecular formula is C18H22N2O5S. The Hall–Kier alpha value is -2.22. The smallest absolute Gasteiger partial charge is 0.348 e. The predicted molar refractivity (Wildman–Crippen MR) is 97.5 cm³/mol. The Morgan fingerprint density at radius 1 is 1.38 bits per heavy atom. The quantitative estimate of drug-likeness (QED) is 0.760. The first-order valence-corrected chi connectivity index (χ1v) is 9.48. The van der Waals surface area contributed by atoms with Gasteiger partial charge in [-0.05, 0) is 37.7 Å². The van der Waals surface area contributed by atoms with E-state index in [9.17, 15) is 14.4 Å². The third kappa shape index (κ3) is 3.65. The van der Waals surface area contributed by atoms with Gasteiger partial charge in [0.1, 0.15) is 22.4 Å². The fraction of sp³-hybridized carbons (Fsp3) is 0.556. The van der Waals surface area contributed by atoms with Crippen LogP contribution in [-0.2, 0) is 20.8 Å². The number of thiophene rings is 1. The first-order valence-electron chi connectivity index (χ1n) is 8.67. The Morgan fingerprint density at radius 2 is 2.15 bits per heavy atom. The first-order chi connectivity index (χ1) is 12.4. The summed E-state index contributed by atoms with van der Waals surface area (Å²) in [5.74, 6) is -0.386. The fourth-order valence-electron chi connectivity index (χ4n) is 3.41. The highest BCUT2D eigenvalue weighted by Crippen LogP contribution is 2.28. The van der Waals surface area contributed by atoms with Crippen molar-refractivity contribution in [2.45, 2.75) is 52.2 Å². The van der Waals surface area contributed by atoms with Crippen LogP contribution in [-0.4, -0.2) is 34.7 Å². The van der Waals surface area contributed by atoms with Crippen molar-refractivity contribution < 1.29 is 19.1 Å². The molecular weight excluding hydrogens is 356 g/mol. The minimum absolute atomic E-state index is 0.0764. The van der Waals surface area contributed by atoms with E-state index in [0.29, 0.717) is 26.6 Å². The average molecular weight is 378 g/mol. The van der Waals surface area contributed by atoms with Crippen molar-refractivity contribution in [2.24, 2.45) is 5.92 Å². The van der Waals surface area contributed by atoms with Gasteiger partial charge in [-0.1, -0.05) is 13.3 Å². The van der Waals surface area contributed by atoms with Gasteiger partial charge in [0.2, 0.25) is 0 Å². The van der Waals surface area contributed by atoms with Gasteiger partial charge in [0.25, 0.3) is 5.56 Å². The van der Waals surface area contributed by atoms with E-state index in [4.69, 9.17) is 9.47 Å². The molecule has 1 aliphatic rings. The lowest BCUT2D eigenvalue weighted by Crippen LogP contribution is -2.30. The zero-order valence-corrected chi connectivity index (χ0v) is 15.9. The molecule has 2 aromatic rings. The van der Waals surface area contributed by atoms with Crippen LogP contribution in [0.2, 0.25) is 0 Å². The van der Waals surface area contributed by atoms with Crippen LogP contribution < -0.4 is 5.56 Å². The summed E-state index contributed by atoms with van der Waals surface area (Å²) in [4.78, 5) is 41.8. The fourth-order valence-corrected chi connectivity index (χ4v) is 4.46. The number of methoxy groups -OCH3 is 1. The van der Waals surface area contributed by atoms with Crippen LogP contribution in [0.15, 0.2) is 11.1 Å². The molecule has 26 heavy (non-hydrogen) atoms. The van der Waals surface area contributed by atoms with Crippen molar-refractivity contribution in [2.75, 3.05) is 7.11 Å². The lowest BCUT2D eigenvalue weighted by molar-refractivity contribution is -0.152. The molecule has 2 aromatic heterocycles. The second kappa shape index (κ2) is 7.57. The molecule has 0 unspecified atom stereocenters. The summed E-state index contributed by atoms with van der Waals surface area (Å²) in [6.07, 6.45) is 5.20. The Labute approximate surface area is 154 Å². The van der Waals surface area contributed by atoms with Crippen molar-refractivity contribution in [3.05, 3.63) is 27.1 Å². The van der Waals surface area contributed by atoms with Gasteiger partial charge in [-0.3, -0.25) is 14.2 Å². The maximum atomic E-state index is 12.7. The van der Waals surface area contributed by atoms with Crippen LogP contribution in [0.4, 0.5) is 0 Å². The summed E-state index contributed by atoms with van der Waals surface area (Å²) >= 11 is 1.11. The number of nitrogens with zero attached hydrogens (tertiary/aromatic N) is 2. The van der Waals surface area contributed by atoms with Gasteiger partial charge in [-0.15, -0.1) is 11.3 Å². The van der Waals surface area contributed by atoms with Crippen LogP contribution in [0.3, 0.4) is 0 Å². The number of hydrogen-bond donors (Lipinski definition) is 0. The number of aryl methyl sites for hydroxylation is 1. The third-order valence-corrected chi connectivity index (χ3v) is 5.95. The molecule has 0 aromatic carbocycles. The van der Waals surface area contributed by atoms with Gasteiger partial charge in [0.05, 0.1) is 18.8 Å². The van der Waals surface area contributed by atoms with Gasteiger partial charge in [-0.25, -0.2) is 9.78 Å². The summed E-state index contributed by atoms with van der Waals surface area (Å²) in [5.41, 5.74) is 0.172. The van der Waals surface area contributed by atoms with E-state index in [1.165, 1.54) is 18.0 Å².